The number of hydrogen-bond acceptors (Lipinski definition) is 5. The highest BCUT2D eigenvalue weighted by Crippen LogP contribution is 2.42. The second-order valence-corrected chi connectivity index (χ2v) is 9.28. The summed E-state index contributed by atoms with van der Waals surface area (Å²) in [5.74, 6) is 1.78. The second kappa shape index (κ2) is 7.14. The van der Waals surface area contributed by atoms with Gasteiger partial charge in [-0.2, -0.15) is 5.10 Å². The number of nitrogens with zero attached hydrogens (tertiary/aromatic N) is 5. The monoisotopic (exact) mass is 420 g/mol. The molecule has 0 aromatic carbocycles. The number of carbonyl (C=O) groups excluding carboxylic acids is 1. The molecule has 1 saturated carbocycles. The number of carbonyl (C=O) groups is 1. The molecule has 5 rings (SSSR count). The smallest absolute Gasteiger partial charge is 0.245 e. The molecule has 0 saturated heterocycles. The van der Waals surface area contributed by atoms with Crippen LogP contribution in [0.4, 0.5) is 21.8 Å². The molecular weight excluding hydrogens is 395 g/mol. The number of nitrogens with one attached hydrogen (secondary N) is 1. The first-order valence-electron chi connectivity index (χ1n) is 10.5. The van der Waals surface area contributed by atoms with Crippen LogP contribution in [0.5, 0.6) is 0 Å². The molecule has 0 unspecified atom stereocenters. The van der Waals surface area contributed by atoms with E-state index in [1.165, 1.54) is 12.1 Å². The highest BCUT2D eigenvalue weighted by molar-refractivity contribution is 5.94. The average molecular weight is 420 g/mol. The van der Waals surface area contributed by atoms with Gasteiger partial charge in [-0.15, -0.1) is 0 Å². The fraction of sp³-hybridized carbons (Fsp3) is 0.391. The van der Waals surface area contributed by atoms with E-state index in [1.807, 2.05) is 15.6 Å². The molecule has 0 radical (unpaired) electrons. The topological polar surface area (TPSA) is 75.9 Å². The van der Waals surface area contributed by atoms with Gasteiger partial charge in [0.15, 0.2) is 0 Å². The number of rotatable bonds is 4. The molecule has 160 valence electrons. The molecule has 4 heterocycles. The Kier molecular flexibility index (Phi) is 4.53. The van der Waals surface area contributed by atoms with Crippen LogP contribution in [0.3, 0.4) is 0 Å². The molecule has 1 aliphatic heterocycles. The van der Waals surface area contributed by atoms with Crippen molar-refractivity contribution in [2.75, 3.05) is 16.8 Å². The third-order valence-electron chi connectivity index (χ3n) is 5.65. The zero-order valence-electron chi connectivity index (χ0n) is 17.9. The Morgan fingerprint density at radius 3 is 2.71 bits per heavy atom. The molecule has 0 atom stereocenters. The third-order valence-corrected chi connectivity index (χ3v) is 5.65. The quantitative estimate of drug-likeness (QED) is 0.687. The average Bonchev–Trinajstić information content (AvgIpc) is 3.47. The van der Waals surface area contributed by atoms with E-state index >= 15 is 0 Å². The molecule has 0 bridgehead atoms. The molecule has 3 aromatic heterocycles. The summed E-state index contributed by atoms with van der Waals surface area (Å²) in [6, 6.07) is 8.95. The molecule has 1 N–H and O–H groups in total. The van der Waals surface area contributed by atoms with Gasteiger partial charge < -0.3 is 10.2 Å². The maximum atomic E-state index is 13.1. The van der Waals surface area contributed by atoms with Crippen LogP contribution >= 0.6 is 0 Å². The summed E-state index contributed by atoms with van der Waals surface area (Å²) < 4.78 is 15.1. The van der Waals surface area contributed by atoms with Crippen molar-refractivity contribution < 1.29 is 9.18 Å². The zero-order chi connectivity index (χ0) is 21.8. The van der Waals surface area contributed by atoms with Crippen molar-refractivity contribution in [3.05, 3.63) is 59.3 Å². The van der Waals surface area contributed by atoms with Gasteiger partial charge in [0, 0.05) is 28.7 Å². The zero-order valence-corrected chi connectivity index (χ0v) is 17.9. The Hall–Kier alpha value is -3.29. The number of amides is 1. The second-order valence-electron chi connectivity index (χ2n) is 9.28. The normalized spacial score (nSPS) is 15.4. The van der Waals surface area contributed by atoms with E-state index in [1.54, 1.807) is 0 Å². The van der Waals surface area contributed by atoms with Gasteiger partial charge in [-0.05, 0) is 31.0 Å². The molecule has 1 amide bonds. The summed E-state index contributed by atoms with van der Waals surface area (Å²) in [5.41, 5.74) is 2.96. The standard InChI is InChI=1S/C23H25FN6O/c1-23(2,3)18-10-21-29(13-20(31)27-19-9-7-16(24)11-25-19)22-15(12-30(21)28-18)6-8-17(26-22)14-4-5-14/h6-11,14H,4-5,12-13H2,1-3H3,(H,25,27,31). The predicted octanol–water partition coefficient (Wildman–Crippen LogP) is 4.13. The van der Waals surface area contributed by atoms with Crippen LogP contribution in [0.1, 0.15) is 56.5 Å². The molecule has 31 heavy (non-hydrogen) atoms. The predicted molar refractivity (Wildman–Crippen MR) is 116 cm³/mol. The third kappa shape index (κ3) is 3.89. The number of aromatic nitrogens is 4. The summed E-state index contributed by atoms with van der Waals surface area (Å²) in [4.78, 5) is 23.7. The summed E-state index contributed by atoms with van der Waals surface area (Å²) in [5, 5.41) is 7.55. The highest BCUT2D eigenvalue weighted by Gasteiger charge is 2.32. The maximum absolute atomic E-state index is 13.1. The molecule has 3 aromatic rings. The van der Waals surface area contributed by atoms with E-state index < -0.39 is 5.82 Å². The minimum absolute atomic E-state index is 0.0580. The molecule has 0 spiro atoms. The summed E-state index contributed by atoms with van der Waals surface area (Å²) in [7, 11) is 0. The number of hydrogen-bond donors (Lipinski definition) is 1. The Morgan fingerprint density at radius 2 is 2.03 bits per heavy atom. The molecule has 8 heteroatoms. The first-order chi connectivity index (χ1) is 14.8. The van der Waals surface area contributed by atoms with Gasteiger partial charge in [0.25, 0.3) is 0 Å². The lowest BCUT2D eigenvalue weighted by molar-refractivity contribution is -0.114. The van der Waals surface area contributed by atoms with Gasteiger partial charge in [-0.3, -0.25) is 4.79 Å². The van der Waals surface area contributed by atoms with E-state index in [4.69, 9.17) is 10.1 Å². The van der Waals surface area contributed by atoms with Crippen molar-refractivity contribution >= 4 is 23.4 Å². The van der Waals surface area contributed by atoms with Crippen LogP contribution in [-0.2, 0) is 16.8 Å². The Morgan fingerprint density at radius 1 is 1.23 bits per heavy atom. The lowest BCUT2D eigenvalue weighted by Gasteiger charge is -2.30. The molecule has 1 aliphatic carbocycles. The van der Waals surface area contributed by atoms with Gasteiger partial charge >= 0.3 is 0 Å². The van der Waals surface area contributed by atoms with Crippen LogP contribution in [0, 0.1) is 5.82 Å². The molecule has 7 nitrogen and oxygen atoms in total. The van der Waals surface area contributed by atoms with Crippen LogP contribution < -0.4 is 10.2 Å². The van der Waals surface area contributed by atoms with Crippen LogP contribution in [0.2, 0.25) is 0 Å². The fourth-order valence-corrected chi connectivity index (χ4v) is 3.76. The van der Waals surface area contributed by atoms with Crippen LogP contribution in [-0.4, -0.2) is 32.2 Å². The van der Waals surface area contributed by atoms with Crippen molar-refractivity contribution in [1.82, 2.24) is 19.7 Å². The lowest BCUT2D eigenvalue weighted by atomic mass is 9.92. The van der Waals surface area contributed by atoms with Gasteiger partial charge in [0.1, 0.15) is 29.8 Å². The number of fused-ring (bicyclic) bond motifs is 2. The minimum atomic E-state index is -0.446. The van der Waals surface area contributed by atoms with Gasteiger partial charge in [-0.1, -0.05) is 26.8 Å². The van der Waals surface area contributed by atoms with Crippen LogP contribution in [0.15, 0.2) is 36.5 Å². The molecular formula is C23H25FN6O. The van der Waals surface area contributed by atoms with Crippen molar-refractivity contribution in [2.45, 2.75) is 51.5 Å². The largest absolute Gasteiger partial charge is 0.309 e. The first-order valence-corrected chi connectivity index (χ1v) is 10.5. The van der Waals surface area contributed by atoms with E-state index in [0.29, 0.717) is 18.3 Å². The molecule has 2 aliphatic rings. The SMILES string of the molecule is CC(C)(C)c1cc2n(n1)Cc1ccc(C3CC3)nc1N2CC(=O)Nc1ccc(F)cn1. The maximum Gasteiger partial charge on any atom is 0.245 e. The Bertz CT molecular complexity index is 1140. The van der Waals surface area contributed by atoms with E-state index in [-0.39, 0.29) is 17.9 Å². The van der Waals surface area contributed by atoms with Gasteiger partial charge in [-0.25, -0.2) is 19.0 Å². The number of pyridine rings is 2. The number of halogens is 1. The van der Waals surface area contributed by atoms with Crippen molar-refractivity contribution in [2.24, 2.45) is 0 Å². The van der Waals surface area contributed by atoms with Crippen LogP contribution in [0.25, 0.3) is 0 Å². The summed E-state index contributed by atoms with van der Waals surface area (Å²) in [6.07, 6.45) is 3.41. The first kappa shape index (κ1) is 19.7. The summed E-state index contributed by atoms with van der Waals surface area (Å²) >= 11 is 0. The van der Waals surface area contributed by atoms with E-state index in [2.05, 4.69) is 43.2 Å². The van der Waals surface area contributed by atoms with Gasteiger partial charge in [0.05, 0.1) is 18.4 Å². The van der Waals surface area contributed by atoms with Gasteiger partial charge in [0.2, 0.25) is 5.91 Å². The van der Waals surface area contributed by atoms with Crippen molar-refractivity contribution in [3.63, 3.8) is 0 Å². The Balaban J connectivity index is 1.49. The van der Waals surface area contributed by atoms with E-state index in [9.17, 15) is 9.18 Å². The van der Waals surface area contributed by atoms with Crippen molar-refractivity contribution in [1.29, 1.82) is 0 Å². The minimum Gasteiger partial charge on any atom is -0.309 e. The number of anilines is 3. The fourth-order valence-electron chi connectivity index (χ4n) is 3.76. The van der Waals surface area contributed by atoms with E-state index in [0.717, 1.165) is 47.6 Å². The Labute approximate surface area is 180 Å². The molecule has 1 fully saturated rings. The highest BCUT2D eigenvalue weighted by atomic mass is 19.1. The summed E-state index contributed by atoms with van der Waals surface area (Å²) in [6.45, 7) is 7.04. The van der Waals surface area contributed by atoms with Crippen molar-refractivity contribution in [3.8, 4) is 0 Å². The lowest BCUT2D eigenvalue weighted by Crippen LogP contribution is -2.35.